The van der Waals surface area contributed by atoms with Crippen molar-refractivity contribution in [2.75, 3.05) is 29.5 Å². The third-order valence-electron chi connectivity index (χ3n) is 4.41. The van der Waals surface area contributed by atoms with Gasteiger partial charge in [0, 0.05) is 30.1 Å². The molecule has 2 aliphatic rings. The van der Waals surface area contributed by atoms with Crippen molar-refractivity contribution in [1.82, 2.24) is 15.0 Å². The normalized spacial score (nSPS) is 26.1. The van der Waals surface area contributed by atoms with Crippen molar-refractivity contribution in [2.45, 2.75) is 5.54 Å². The number of fused-ring (bicyclic) bond motifs is 1. The van der Waals surface area contributed by atoms with Crippen LogP contribution in [-0.4, -0.2) is 39.0 Å². The van der Waals surface area contributed by atoms with Gasteiger partial charge in [-0.1, -0.05) is 11.8 Å². The molecule has 1 saturated heterocycles. The van der Waals surface area contributed by atoms with Crippen molar-refractivity contribution in [2.24, 2.45) is 16.6 Å². The summed E-state index contributed by atoms with van der Waals surface area (Å²) in [5, 5.41) is 0.539. The number of nitrogens with two attached hydrogens (primary N) is 2. The van der Waals surface area contributed by atoms with Crippen LogP contribution in [0.15, 0.2) is 35.7 Å². The molecule has 124 valence electrons. The number of pyridine rings is 1. The molecule has 0 unspecified atom stereocenters. The van der Waals surface area contributed by atoms with Crippen molar-refractivity contribution in [1.29, 1.82) is 0 Å². The van der Waals surface area contributed by atoms with Crippen LogP contribution < -0.4 is 16.4 Å². The number of amidine groups is 1. The number of nitrogens with zero attached hydrogens (tertiary/aromatic N) is 5. The highest BCUT2D eigenvalue weighted by molar-refractivity contribution is 8.13. The van der Waals surface area contributed by atoms with Gasteiger partial charge in [-0.2, -0.15) is 0 Å². The SMILES string of the molecule is NC1=N[C@]2(c3cc(N)ccn3)CN(c3ncc(F)cn3)C[C@@H]2CS1. The Morgan fingerprint density at radius 2 is 2.04 bits per heavy atom. The minimum atomic E-state index is -0.581. The van der Waals surface area contributed by atoms with Gasteiger partial charge in [-0.05, 0) is 12.1 Å². The fraction of sp³-hybridized carbons (Fsp3) is 0.333. The van der Waals surface area contributed by atoms with E-state index in [2.05, 4.69) is 15.0 Å². The number of halogens is 1. The van der Waals surface area contributed by atoms with Crippen LogP contribution >= 0.6 is 11.8 Å². The first-order chi connectivity index (χ1) is 11.6. The summed E-state index contributed by atoms with van der Waals surface area (Å²) in [5.41, 5.74) is 12.8. The van der Waals surface area contributed by atoms with Gasteiger partial charge in [0.1, 0.15) is 5.54 Å². The van der Waals surface area contributed by atoms with E-state index in [4.69, 9.17) is 16.5 Å². The number of hydrogen-bond donors (Lipinski definition) is 2. The molecule has 2 aliphatic heterocycles. The van der Waals surface area contributed by atoms with Gasteiger partial charge < -0.3 is 16.4 Å². The first kappa shape index (κ1) is 15.1. The summed E-state index contributed by atoms with van der Waals surface area (Å²) in [4.78, 5) is 19.4. The van der Waals surface area contributed by atoms with Crippen LogP contribution in [-0.2, 0) is 5.54 Å². The summed E-state index contributed by atoms with van der Waals surface area (Å²) in [6.45, 7) is 1.23. The molecule has 2 aromatic heterocycles. The molecule has 24 heavy (non-hydrogen) atoms. The lowest BCUT2D eigenvalue weighted by atomic mass is 9.85. The minimum absolute atomic E-state index is 0.192. The Morgan fingerprint density at radius 3 is 2.79 bits per heavy atom. The summed E-state index contributed by atoms with van der Waals surface area (Å²) in [7, 11) is 0. The molecule has 2 atom stereocenters. The zero-order valence-electron chi connectivity index (χ0n) is 12.8. The Kier molecular flexibility index (Phi) is 3.52. The first-order valence-corrected chi connectivity index (χ1v) is 8.48. The Bertz CT molecular complexity index is 797. The molecule has 2 aromatic rings. The number of aromatic nitrogens is 3. The number of rotatable bonds is 2. The van der Waals surface area contributed by atoms with E-state index >= 15 is 0 Å². The smallest absolute Gasteiger partial charge is 0.225 e. The molecule has 1 fully saturated rings. The van der Waals surface area contributed by atoms with E-state index in [1.54, 1.807) is 12.3 Å². The van der Waals surface area contributed by atoms with Crippen LogP contribution in [0, 0.1) is 11.7 Å². The lowest BCUT2D eigenvalue weighted by Gasteiger charge is -2.33. The fourth-order valence-corrected chi connectivity index (χ4v) is 4.27. The molecule has 0 aliphatic carbocycles. The van der Waals surface area contributed by atoms with E-state index < -0.39 is 11.4 Å². The van der Waals surface area contributed by atoms with Gasteiger partial charge >= 0.3 is 0 Å². The maximum Gasteiger partial charge on any atom is 0.225 e. The zero-order valence-corrected chi connectivity index (χ0v) is 13.6. The fourth-order valence-electron chi connectivity index (χ4n) is 3.29. The standard InChI is InChI=1S/C15H16FN7S/c16-10-4-20-14(21-5-10)23-6-9-7-24-13(18)22-15(9,8-23)12-3-11(17)1-2-19-12/h1-5,9H,6-8H2,(H2,17,19)(H2,18,22)/t9-,15-/m1/s1. The molecule has 9 heteroatoms. The predicted octanol–water partition coefficient (Wildman–Crippen LogP) is 0.986. The molecule has 7 nitrogen and oxygen atoms in total. The Hall–Kier alpha value is -2.42. The largest absolute Gasteiger partial charge is 0.399 e. The van der Waals surface area contributed by atoms with Gasteiger partial charge in [0.15, 0.2) is 11.0 Å². The number of nitrogen functional groups attached to an aromatic ring is 1. The number of anilines is 2. The minimum Gasteiger partial charge on any atom is -0.399 e. The lowest BCUT2D eigenvalue weighted by Crippen LogP contribution is -2.40. The molecule has 4 heterocycles. The van der Waals surface area contributed by atoms with Crippen molar-refractivity contribution in [3.8, 4) is 0 Å². The van der Waals surface area contributed by atoms with Gasteiger partial charge in [0.25, 0.3) is 0 Å². The average molecular weight is 345 g/mol. The summed E-state index contributed by atoms with van der Waals surface area (Å²) in [6.07, 6.45) is 4.02. The quantitative estimate of drug-likeness (QED) is 0.836. The topological polar surface area (TPSA) is 106 Å². The Morgan fingerprint density at radius 1 is 1.25 bits per heavy atom. The highest BCUT2D eigenvalue weighted by Gasteiger charge is 2.51. The molecule has 4 rings (SSSR count). The van der Waals surface area contributed by atoms with Crippen LogP contribution in [0.1, 0.15) is 5.69 Å². The highest BCUT2D eigenvalue weighted by atomic mass is 32.2. The van der Waals surface area contributed by atoms with Crippen molar-refractivity contribution < 1.29 is 4.39 Å². The molecular weight excluding hydrogens is 329 g/mol. The van der Waals surface area contributed by atoms with Gasteiger partial charge in [0.2, 0.25) is 5.95 Å². The van der Waals surface area contributed by atoms with E-state index in [9.17, 15) is 4.39 Å². The number of thioether (sulfide) groups is 1. The monoisotopic (exact) mass is 345 g/mol. The van der Waals surface area contributed by atoms with E-state index in [0.29, 0.717) is 29.9 Å². The van der Waals surface area contributed by atoms with E-state index in [1.807, 2.05) is 11.0 Å². The van der Waals surface area contributed by atoms with Gasteiger partial charge in [-0.3, -0.25) is 4.98 Å². The zero-order chi connectivity index (χ0) is 16.7. The first-order valence-electron chi connectivity index (χ1n) is 7.49. The summed E-state index contributed by atoms with van der Waals surface area (Å²) < 4.78 is 13.1. The van der Waals surface area contributed by atoms with Gasteiger partial charge in [-0.25, -0.2) is 19.4 Å². The van der Waals surface area contributed by atoms with Crippen LogP contribution in [0.2, 0.25) is 0 Å². The predicted molar refractivity (Wildman–Crippen MR) is 92.1 cm³/mol. The summed E-state index contributed by atoms with van der Waals surface area (Å²) in [5.74, 6) is 1.04. The lowest BCUT2D eigenvalue weighted by molar-refractivity contribution is 0.377. The van der Waals surface area contributed by atoms with Gasteiger partial charge in [0.05, 0.1) is 24.6 Å². The second kappa shape index (κ2) is 5.59. The Labute approximate surface area is 142 Å². The molecule has 0 radical (unpaired) electrons. The van der Waals surface area contributed by atoms with E-state index in [-0.39, 0.29) is 5.92 Å². The number of aliphatic imine (C=N–C) groups is 1. The van der Waals surface area contributed by atoms with Crippen molar-refractivity contribution in [3.05, 3.63) is 42.2 Å². The van der Waals surface area contributed by atoms with Crippen molar-refractivity contribution in [3.63, 3.8) is 0 Å². The molecule has 0 amide bonds. The highest BCUT2D eigenvalue weighted by Crippen LogP contribution is 2.45. The maximum atomic E-state index is 13.1. The van der Waals surface area contributed by atoms with Crippen LogP contribution in [0.25, 0.3) is 0 Å². The summed E-state index contributed by atoms with van der Waals surface area (Å²) in [6, 6.07) is 3.59. The third-order valence-corrected chi connectivity index (χ3v) is 5.36. The molecule has 0 aromatic carbocycles. The van der Waals surface area contributed by atoms with Crippen LogP contribution in [0.4, 0.5) is 16.0 Å². The average Bonchev–Trinajstić information content (AvgIpc) is 2.95. The second-order valence-electron chi connectivity index (χ2n) is 5.94. The molecule has 4 N–H and O–H groups in total. The molecule has 0 saturated carbocycles. The van der Waals surface area contributed by atoms with Crippen LogP contribution in [0.3, 0.4) is 0 Å². The molecule has 0 spiro atoms. The molecule has 0 bridgehead atoms. The Balaban J connectivity index is 1.76. The second-order valence-corrected chi connectivity index (χ2v) is 6.98. The third kappa shape index (κ3) is 2.44. The number of hydrogen-bond acceptors (Lipinski definition) is 8. The van der Waals surface area contributed by atoms with E-state index in [0.717, 1.165) is 11.4 Å². The van der Waals surface area contributed by atoms with Gasteiger partial charge in [-0.15, -0.1) is 0 Å². The van der Waals surface area contributed by atoms with Crippen LogP contribution in [0.5, 0.6) is 0 Å². The maximum absolute atomic E-state index is 13.1. The molecular formula is C15H16FN7S. The summed E-state index contributed by atoms with van der Waals surface area (Å²) >= 11 is 1.53. The van der Waals surface area contributed by atoms with Crippen molar-refractivity contribution >= 4 is 28.6 Å². The van der Waals surface area contributed by atoms with E-state index in [1.165, 1.54) is 24.2 Å².